The summed E-state index contributed by atoms with van der Waals surface area (Å²) in [7, 11) is 0. The summed E-state index contributed by atoms with van der Waals surface area (Å²) in [5.41, 5.74) is 6.78. The van der Waals surface area contributed by atoms with Crippen molar-refractivity contribution in [2.24, 2.45) is 10.2 Å². The van der Waals surface area contributed by atoms with Gasteiger partial charge in [0.05, 0.1) is 23.6 Å². The number of carbonyl (C=O) groups excluding carboxylic acids is 4. The highest BCUT2D eigenvalue weighted by atomic mass is 79.9. The number of halogens is 2. The van der Waals surface area contributed by atoms with Crippen molar-refractivity contribution in [2.45, 2.75) is 32.1 Å². The summed E-state index contributed by atoms with van der Waals surface area (Å²) in [5.74, 6) is -0.991. The van der Waals surface area contributed by atoms with Gasteiger partial charge in [0, 0.05) is 32.9 Å². The molecule has 0 aliphatic rings. The fourth-order valence-corrected chi connectivity index (χ4v) is 4.86. The second kappa shape index (κ2) is 18.3. The van der Waals surface area contributed by atoms with Crippen LogP contribution in [0.25, 0.3) is 0 Å². The van der Waals surface area contributed by atoms with Crippen molar-refractivity contribution < 1.29 is 28.7 Å². The summed E-state index contributed by atoms with van der Waals surface area (Å²) in [6, 6.07) is 27.4. The van der Waals surface area contributed by atoms with Gasteiger partial charge in [0.1, 0.15) is 11.5 Å². The topological polar surface area (TPSA) is 136 Å². The van der Waals surface area contributed by atoms with E-state index in [1.165, 1.54) is 12.4 Å². The zero-order valence-corrected chi connectivity index (χ0v) is 28.2. The standard InChI is InChI=1S/C35H30Br2N4O6/c36-28-16-18-30(46-34(44)24-10-4-1-5-11-24)26(20-28)22-38-40-32(42)14-8-3-9-15-33(43)41-39-23-27-21-29(37)17-19-31(27)47-35(45)25-12-6-2-7-13-25/h1-2,4-7,10-13,16-23H,3,8-9,14-15H2,(H,40,42)(H,41,43). The minimum Gasteiger partial charge on any atom is -0.422 e. The van der Waals surface area contributed by atoms with Gasteiger partial charge in [0.2, 0.25) is 11.8 Å². The van der Waals surface area contributed by atoms with Crippen LogP contribution in [0.1, 0.15) is 63.9 Å². The second-order valence-electron chi connectivity index (χ2n) is 10.0. The minimum atomic E-state index is -0.507. The van der Waals surface area contributed by atoms with Gasteiger partial charge in [-0.3, -0.25) is 9.59 Å². The molecule has 0 aromatic heterocycles. The van der Waals surface area contributed by atoms with Crippen molar-refractivity contribution in [3.05, 3.63) is 128 Å². The number of esters is 2. The Morgan fingerprint density at radius 3 is 1.38 bits per heavy atom. The van der Waals surface area contributed by atoms with Gasteiger partial charge in [-0.2, -0.15) is 10.2 Å². The number of rotatable bonds is 14. The van der Waals surface area contributed by atoms with Crippen LogP contribution in [0.2, 0.25) is 0 Å². The lowest BCUT2D eigenvalue weighted by atomic mass is 10.1. The van der Waals surface area contributed by atoms with E-state index in [-0.39, 0.29) is 24.7 Å². The molecule has 0 spiro atoms. The number of nitrogens with one attached hydrogen (secondary N) is 2. The smallest absolute Gasteiger partial charge is 0.343 e. The van der Waals surface area contributed by atoms with E-state index in [1.54, 1.807) is 84.9 Å². The summed E-state index contributed by atoms with van der Waals surface area (Å²) in [5, 5.41) is 8.01. The molecule has 12 heteroatoms. The third-order valence-corrected chi connectivity index (χ3v) is 7.45. The Hall–Kier alpha value is -4.94. The molecular formula is C35H30Br2N4O6. The molecule has 2 amide bonds. The molecule has 4 aromatic rings. The Bertz CT molecular complexity index is 1640. The quantitative estimate of drug-likeness (QED) is 0.0459. The van der Waals surface area contributed by atoms with Gasteiger partial charge in [-0.05, 0) is 73.5 Å². The van der Waals surface area contributed by atoms with E-state index < -0.39 is 11.9 Å². The first-order valence-electron chi connectivity index (χ1n) is 14.6. The molecule has 0 aliphatic carbocycles. The lowest BCUT2D eigenvalue weighted by molar-refractivity contribution is -0.121. The molecule has 240 valence electrons. The van der Waals surface area contributed by atoms with Gasteiger partial charge < -0.3 is 9.47 Å². The molecule has 0 fully saturated rings. The lowest BCUT2D eigenvalue weighted by Crippen LogP contribution is -2.18. The van der Waals surface area contributed by atoms with Crippen molar-refractivity contribution in [3.8, 4) is 11.5 Å². The first-order valence-corrected chi connectivity index (χ1v) is 16.1. The summed E-state index contributed by atoms with van der Waals surface area (Å²) >= 11 is 6.78. The number of carbonyl (C=O) groups is 4. The SMILES string of the molecule is O=C(CCCCCC(=O)NN=Cc1cc(Br)ccc1OC(=O)c1ccccc1)NN=Cc1cc(Br)ccc1OC(=O)c1ccccc1. The second-order valence-corrected chi connectivity index (χ2v) is 11.9. The van der Waals surface area contributed by atoms with E-state index >= 15 is 0 Å². The molecule has 47 heavy (non-hydrogen) atoms. The monoisotopic (exact) mass is 760 g/mol. The van der Waals surface area contributed by atoms with Crippen LogP contribution in [-0.2, 0) is 9.59 Å². The normalized spacial score (nSPS) is 10.9. The first-order chi connectivity index (χ1) is 22.8. The maximum atomic E-state index is 12.5. The van der Waals surface area contributed by atoms with Crippen molar-refractivity contribution in [2.75, 3.05) is 0 Å². The van der Waals surface area contributed by atoms with Gasteiger partial charge >= 0.3 is 11.9 Å². The molecule has 0 heterocycles. The lowest BCUT2D eigenvalue weighted by Gasteiger charge is -2.08. The number of nitrogens with zero attached hydrogens (tertiary/aromatic N) is 2. The van der Waals surface area contributed by atoms with E-state index in [0.717, 1.165) is 8.95 Å². The molecule has 0 unspecified atom stereocenters. The number of hydrogen-bond donors (Lipinski definition) is 2. The number of hydrazone groups is 2. The Morgan fingerprint density at radius 1 is 0.574 bits per heavy atom. The fraction of sp³-hybridized carbons (Fsp3) is 0.143. The number of amides is 2. The van der Waals surface area contributed by atoms with Crippen LogP contribution in [-0.4, -0.2) is 36.2 Å². The first kappa shape index (κ1) is 34.9. The number of benzene rings is 4. The summed E-state index contributed by atoms with van der Waals surface area (Å²) in [6.45, 7) is 0. The van der Waals surface area contributed by atoms with Crippen LogP contribution in [0, 0.1) is 0 Å². The zero-order valence-electron chi connectivity index (χ0n) is 25.0. The molecule has 0 atom stereocenters. The Balaban J connectivity index is 1.16. The van der Waals surface area contributed by atoms with Crippen molar-refractivity contribution >= 4 is 68.0 Å². The molecule has 0 saturated carbocycles. The highest BCUT2D eigenvalue weighted by Crippen LogP contribution is 2.24. The van der Waals surface area contributed by atoms with Gasteiger partial charge in [-0.15, -0.1) is 0 Å². The van der Waals surface area contributed by atoms with E-state index in [1.807, 2.05) is 12.1 Å². The number of unbranched alkanes of at least 4 members (excludes halogenated alkanes) is 2. The molecule has 4 rings (SSSR count). The molecule has 0 bridgehead atoms. The maximum absolute atomic E-state index is 12.5. The Morgan fingerprint density at radius 2 is 0.979 bits per heavy atom. The maximum Gasteiger partial charge on any atom is 0.343 e. The number of ether oxygens (including phenoxy) is 2. The summed E-state index contributed by atoms with van der Waals surface area (Å²) < 4.78 is 12.5. The average Bonchev–Trinajstić information content (AvgIpc) is 3.07. The van der Waals surface area contributed by atoms with Crippen LogP contribution in [0.3, 0.4) is 0 Å². The fourth-order valence-electron chi connectivity index (χ4n) is 4.10. The predicted octanol–water partition coefficient (Wildman–Crippen LogP) is 7.20. The molecule has 0 saturated heterocycles. The summed E-state index contributed by atoms with van der Waals surface area (Å²) in [6.07, 6.45) is 5.02. The van der Waals surface area contributed by atoms with Crippen LogP contribution < -0.4 is 20.3 Å². The van der Waals surface area contributed by atoms with Crippen LogP contribution >= 0.6 is 31.9 Å². The zero-order chi connectivity index (χ0) is 33.4. The molecule has 0 aliphatic heterocycles. The highest BCUT2D eigenvalue weighted by Gasteiger charge is 2.13. The molecule has 10 nitrogen and oxygen atoms in total. The van der Waals surface area contributed by atoms with Crippen LogP contribution in [0.15, 0.2) is 116 Å². The molecule has 0 radical (unpaired) electrons. The van der Waals surface area contributed by atoms with E-state index in [4.69, 9.17) is 9.47 Å². The largest absolute Gasteiger partial charge is 0.422 e. The Labute approximate surface area is 288 Å². The van der Waals surface area contributed by atoms with Crippen molar-refractivity contribution in [1.82, 2.24) is 10.9 Å². The predicted molar refractivity (Wildman–Crippen MR) is 186 cm³/mol. The number of hydrogen-bond acceptors (Lipinski definition) is 8. The van der Waals surface area contributed by atoms with E-state index in [2.05, 4.69) is 52.9 Å². The van der Waals surface area contributed by atoms with Gasteiger partial charge in [-0.1, -0.05) is 74.7 Å². The average molecular weight is 762 g/mol. The third kappa shape index (κ3) is 11.7. The van der Waals surface area contributed by atoms with Crippen LogP contribution in [0.4, 0.5) is 0 Å². The van der Waals surface area contributed by atoms with Gasteiger partial charge in [-0.25, -0.2) is 20.4 Å². The molecular weight excluding hydrogens is 732 g/mol. The van der Waals surface area contributed by atoms with E-state index in [9.17, 15) is 19.2 Å². The highest BCUT2D eigenvalue weighted by molar-refractivity contribution is 9.10. The van der Waals surface area contributed by atoms with Crippen molar-refractivity contribution in [3.63, 3.8) is 0 Å². The van der Waals surface area contributed by atoms with Gasteiger partial charge in [0.25, 0.3) is 0 Å². The van der Waals surface area contributed by atoms with E-state index in [0.29, 0.717) is 53.0 Å². The molecule has 2 N–H and O–H groups in total. The van der Waals surface area contributed by atoms with Gasteiger partial charge in [0.15, 0.2) is 0 Å². The van der Waals surface area contributed by atoms with Crippen LogP contribution in [0.5, 0.6) is 11.5 Å². The third-order valence-electron chi connectivity index (χ3n) is 6.46. The Kier molecular flexibility index (Phi) is 13.6. The molecule has 4 aromatic carbocycles. The minimum absolute atomic E-state index is 0.221. The summed E-state index contributed by atoms with van der Waals surface area (Å²) in [4.78, 5) is 49.5. The van der Waals surface area contributed by atoms with Crippen molar-refractivity contribution in [1.29, 1.82) is 0 Å².